The zero-order chi connectivity index (χ0) is 16.4. The number of benzene rings is 1. The van der Waals surface area contributed by atoms with E-state index in [2.05, 4.69) is 49.8 Å². The van der Waals surface area contributed by atoms with Crippen molar-refractivity contribution in [3.63, 3.8) is 0 Å². The molecule has 122 valence electrons. The summed E-state index contributed by atoms with van der Waals surface area (Å²) in [6, 6.07) is 9.52. The Morgan fingerprint density at radius 2 is 1.77 bits per heavy atom. The Morgan fingerprint density at radius 1 is 1.18 bits per heavy atom. The first kappa shape index (κ1) is 17.9. The second kappa shape index (κ2) is 6.98. The van der Waals surface area contributed by atoms with Crippen LogP contribution >= 0.6 is 11.9 Å². The molecule has 1 fully saturated rings. The van der Waals surface area contributed by atoms with Gasteiger partial charge in [-0.05, 0) is 62.1 Å². The highest BCUT2D eigenvalue weighted by molar-refractivity contribution is 7.97. The van der Waals surface area contributed by atoms with Crippen LogP contribution in [0.4, 0.5) is 0 Å². The molecule has 1 aromatic carbocycles. The average molecular weight is 319 g/mol. The fourth-order valence-corrected chi connectivity index (χ4v) is 3.40. The molecule has 0 atom stereocenters. The van der Waals surface area contributed by atoms with Crippen LogP contribution in [-0.4, -0.2) is 24.0 Å². The molecule has 1 saturated carbocycles. The Morgan fingerprint density at radius 3 is 2.27 bits per heavy atom. The highest BCUT2D eigenvalue weighted by atomic mass is 32.2. The third kappa shape index (κ3) is 4.77. The fourth-order valence-electron chi connectivity index (χ4n) is 2.64. The van der Waals surface area contributed by atoms with Gasteiger partial charge in [0.15, 0.2) is 7.28 Å². The molecule has 1 aromatic rings. The molecule has 1 aliphatic rings. The molecule has 0 aliphatic heterocycles. The Labute approximate surface area is 140 Å². The van der Waals surface area contributed by atoms with Crippen LogP contribution in [0.2, 0.25) is 6.32 Å². The molecule has 1 aliphatic carbocycles. The summed E-state index contributed by atoms with van der Waals surface area (Å²) in [7, 11) is 1.01. The van der Waals surface area contributed by atoms with E-state index in [1.807, 2.05) is 13.8 Å². The number of hydrogen-bond acceptors (Lipinski definition) is 3. The van der Waals surface area contributed by atoms with E-state index in [0.29, 0.717) is 6.04 Å². The minimum atomic E-state index is -0.646. The number of aliphatic hydroxyl groups is 1. The van der Waals surface area contributed by atoms with Crippen LogP contribution in [0.25, 0.3) is 0 Å². The predicted molar refractivity (Wildman–Crippen MR) is 99.3 cm³/mol. The molecule has 22 heavy (non-hydrogen) atoms. The van der Waals surface area contributed by atoms with Crippen molar-refractivity contribution in [2.75, 3.05) is 0 Å². The molecular weight excluding hydrogens is 289 g/mol. The second-order valence-corrected chi connectivity index (χ2v) is 8.99. The predicted octanol–water partition coefficient (Wildman–Crippen LogP) is 3.36. The van der Waals surface area contributed by atoms with Crippen molar-refractivity contribution in [1.82, 2.24) is 4.72 Å². The van der Waals surface area contributed by atoms with Gasteiger partial charge >= 0.3 is 0 Å². The first-order valence-corrected chi connectivity index (χ1v) is 9.23. The minimum absolute atomic E-state index is 0.0805. The molecule has 0 radical (unpaired) electrons. The van der Waals surface area contributed by atoms with E-state index in [4.69, 9.17) is 0 Å². The van der Waals surface area contributed by atoms with Gasteiger partial charge in [0, 0.05) is 10.9 Å². The van der Waals surface area contributed by atoms with E-state index >= 15 is 0 Å². The minimum Gasteiger partial charge on any atom is -0.390 e. The maximum Gasteiger partial charge on any atom is 0.158 e. The van der Waals surface area contributed by atoms with Gasteiger partial charge in [0.25, 0.3) is 0 Å². The Balaban J connectivity index is 1.79. The standard InChI is InChI=1S/C18H30BNOS/c1-13-10-15(11-13)20-22-16-8-6-14(7-9-16)19-12-17(2,3)18(4,5)21/h6-9,13,15,19-21H,10-12H2,1-5H3. The van der Waals surface area contributed by atoms with Crippen molar-refractivity contribution < 1.29 is 5.11 Å². The summed E-state index contributed by atoms with van der Waals surface area (Å²) in [5, 5.41) is 10.2. The molecule has 4 heteroatoms. The van der Waals surface area contributed by atoms with Gasteiger partial charge in [0.1, 0.15) is 0 Å². The lowest BCUT2D eigenvalue weighted by Gasteiger charge is -2.37. The van der Waals surface area contributed by atoms with Crippen LogP contribution in [0.15, 0.2) is 29.2 Å². The summed E-state index contributed by atoms with van der Waals surface area (Å²) in [6.45, 7) is 10.4. The lowest BCUT2D eigenvalue weighted by Crippen LogP contribution is -2.40. The molecule has 0 heterocycles. The molecule has 0 spiro atoms. The summed E-state index contributed by atoms with van der Waals surface area (Å²) in [5.74, 6) is 0.889. The van der Waals surface area contributed by atoms with Crippen molar-refractivity contribution in [2.45, 2.75) is 70.3 Å². The van der Waals surface area contributed by atoms with Crippen molar-refractivity contribution in [1.29, 1.82) is 0 Å². The third-order valence-corrected chi connectivity index (χ3v) is 6.29. The molecule has 2 nitrogen and oxygen atoms in total. The van der Waals surface area contributed by atoms with Crippen LogP contribution in [0.5, 0.6) is 0 Å². The highest BCUT2D eigenvalue weighted by Gasteiger charge is 2.34. The summed E-state index contributed by atoms with van der Waals surface area (Å²) in [4.78, 5) is 1.28. The summed E-state index contributed by atoms with van der Waals surface area (Å²) in [5.41, 5.74) is 0.620. The van der Waals surface area contributed by atoms with Crippen molar-refractivity contribution in [3.05, 3.63) is 24.3 Å². The van der Waals surface area contributed by atoms with Crippen LogP contribution in [0, 0.1) is 11.3 Å². The molecule has 2 N–H and O–H groups in total. The van der Waals surface area contributed by atoms with Gasteiger partial charge < -0.3 is 5.11 Å². The van der Waals surface area contributed by atoms with Gasteiger partial charge in [-0.1, -0.05) is 44.7 Å². The summed E-state index contributed by atoms with van der Waals surface area (Å²) < 4.78 is 3.55. The van der Waals surface area contributed by atoms with E-state index in [-0.39, 0.29) is 5.41 Å². The van der Waals surface area contributed by atoms with Gasteiger partial charge in [-0.25, -0.2) is 0 Å². The number of nitrogens with one attached hydrogen (secondary N) is 1. The SMILES string of the molecule is CC1CC(NSc2ccc(BCC(C)(C)C(C)(C)O)cc2)C1. The fraction of sp³-hybridized carbons (Fsp3) is 0.667. The topological polar surface area (TPSA) is 32.3 Å². The van der Waals surface area contributed by atoms with Crippen LogP contribution in [0.1, 0.15) is 47.5 Å². The van der Waals surface area contributed by atoms with E-state index in [1.165, 1.54) is 23.2 Å². The normalized spacial score (nSPS) is 22.3. The van der Waals surface area contributed by atoms with Crippen molar-refractivity contribution in [2.24, 2.45) is 11.3 Å². The molecule has 0 bridgehead atoms. The van der Waals surface area contributed by atoms with E-state index in [9.17, 15) is 5.11 Å². The lowest BCUT2D eigenvalue weighted by atomic mass is 9.56. The van der Waals surface area contributed by atoms with Crippen molar-refractivity contribution >= 4 is 24.7 Å². The third-order valence-electron chi connectivity index (χ3n) is 5.34. The molecule has 0 unspecified atom stereocenters. The Hall–Kier alpha value is -0.445. The zero-order valence-corrected chi connectivity index (χ0v) is 15.5. The van der Waals surface area contributed by atoms with Gasteiger partial charge in [0.2, 0.25) is 0 Å². The number of hydrogen-bond donors (Lipinski definition) is 2. The lowest BCUT2D eigenvalue weighted by molar-refractivity contribution is -0.0236. The Kier molecular flexibility index (Phi) is 5.68. The quantitative estimate of drug-likeness (QED) is 0.597. The smallest absolute Gasteiger partial charge is 0.158 e. The van der Waals surface area contributed by atoms with Gasteiger partial charge in [-0.15, -0.1) is 0 Å². The second-order valence-electron chi connectivity index (χ2n) is 8.08. The van der Waals surface area contributed by atoms with Crippen LogP contribution in [-0.2, 0) is 0 Å². The van der Waals surface area contributed by atoms with Gasteiger partial charge in [-0.3, -0.25) is 4.72 Å². The van der Waals surface area contributed by atoms with Crippen LogP contribution < -0.4 is 10.2 Å². The maximum atomic E-state index is 10.2. The number of rotatable bonds is 7. The monoisotopic (exact) mass is 319 g/mol. The zero-order valence-electron chi connectivity index (χ0n) is 14.6. The highest BCUT2D eigenvalue weighted by Crippen LogP contribution is 2.34. The first-order valence-electron chi connectivity index (χ1n) is 8.41. The molecule has 0 amide bonds. The first-order chi connectivity index (χ1) is 10.2. The van der Waals surface area contributed by atoms with Gasteiger partial charge in [0.05, 0.1) is 5.60 Å². The largest absolute Gasteiger partial charge is 0.390 e. The Bertz CT molecular complexity index is 475. The molecule has 0 saturated heterocycles. The van der Waals surface area contributed by atoms with E-state index in [0.717, 1.165) is 19.5 Å². The average Bonchev–Trinajstić information content (AvgIpc) is 2.40. The van der Waals surface area contributed by atoms with E-state index < -0.39 is 5.60 Å². The molecule has 2 rings (SSSR count). The van der Waals surface area contributed by atoms with E-state index in [1.54, 1.807) is 11.9 Å². The maximum absolute atomic E-state index is 10.2. The van der Waals surface area contributed by atoms with Crippen LogP contribution in [0.3, 0.4) is 0 Å². The van der Waals surface area contributed by atoms with Gasteiger partial charge in [-0.2, -0.15) is 0 Å². The molecular formula is C18H30BNOS. The summed E-state index contributed by atoms with van der Waals surface area (Å²) in [6.07, 6.45) is 3.59. The van der Waals surface area contributed by atoms with Crippen molar-refractivity contribution in [3.8, 4) is 0 Å². The molecule has 0 aromatic heterocycles. The summed E-state index contributed by atoms with van der Waals surface area (Å²) >= 11 is 1.75.